The molecule has 0 aromatic carbocycles. The van der Waals surface area contributed by atoms with Crippen LogP contribution in [0.2, 0.25) is 0 Å². The number of hydrogen-bond acceptors (Lipinski definition) is 0. The van der Waals surface area contributed by atoms with Crippen molar-refractivity contribution in [3.63, 3.8) is 0 Å². The molecule has 6 fully saturated rings. The fourth-order valence-corrected chi connectivity index (χ4v) is 6.39. The van der Waals surface area contributed by atoms with E-state index in [-0.39, 0.29) is 0 Å². The molecule has 0 aliphatic heterocycles. The third kappa shape index (κ3) is 0.181. The quantitative estimate of drug-likeness (QED) is 0.493. The van der Waals surface area contributed by atoms with Gasteiger partial charge in [0, 0.05) is 0 Å². The molecule has 0 amide bonds. The van der Waals surface area contributed by atoms with Gasteiger partial charge >= 0.3 is 0 Å². The molecule has 0 unspecified atom stereocenters. The zero-order valence-electron chi connectivity index (χ0n) is 6.53. The van der Waals surface area contributed by atoms with Gasteiger partial charge < -0.3 is 0 Å². The predicted molar refractivity (Wildman–Crippen MR) is 41.7 cm³/mol. The van der Waals surface area contributed by atoms with E-state index in [4.69, 9.17) is 0 Å². The van der Waals surface area contributed by atoms with Crippen molar-refractivity contribution in [2.45, 2.75) is 6.42 Å². The minimum Gasteiger partial charge on any atom is -0.102 e. The molecule has 0 aromatic heterocycles. The van der Waals surface area contributed by atoms with Crippen LogP contribution in [0.25, 0.3) is 0 Å². The molecule has 0 N–H and O–H groups in total. The van der Waals surface area contributed by atoms with Crippen molar-refractivity contribution in [2.75, 3.05) is 0 Å². The van der Waals surface area contributed by atoms with Crippen LogP contribution in [0, 0.1) is 46.8 Å². The average Bonchev–Trinajstić information content (AvgIpc) is 2.27. The maximum Gasteiger partial charge on any atom is -0.00193 e. The van der Waals surface area contributed by atoms with Crippen molar-refractivity contribution in [3.8, 4) is 0 Å². The first kappa shape index (κ1) is 4.69. The molecule has 4 atom stereocenters. The lowest BCUT2D eigenvalue weighted by Crippen LogP contribution is -2.88. The molecule has 0 spiro atoms. The van der Waals surface area contributed by atoms with Gasteiger partial charge in [0.15, 0.2) is 0 Å². The highest BCUT2D eigenvalue weighted by molar-refractivity contribution is 5.47. The van der Waals surface area contributed by atoms with Crippen LogP contribution in [0.5, 0.6) is 0 Å². The molecule has 0 aromatic rings. The van der Waals surface area contributed by atoms with E-state index >= 15 is 0 Å². The minimum absolute atomic E-state index is 0.757. The summed E-state index contributed by atoms with van der Waals surface area (Å²) >= 11 is 0. The Bertz CT molecular complexity index is 279. The van der Waals surface area contributed by atoms with Gasteiger partial charge in [0.05, 0.1) is 0 Å². The molecular weight excluding hydrogens is 132 g/mol. The number of hydrogen-bond donors (Lipinski definition) is 0. The van der Waals surface area contributed by atoms with Crippen molar-refractivity contribution >= 4 is 0 Å². The summed E-state index contributed by atoms with van der Waals surface area (Å²) in [5.41, 5.74) is 0.757. The van der Waals surface area contributed by atoms with E-state index < -0.39 is 0 Å². The average molecular weight is 144 g/mol. The first-order chi connectivity index (χ1) is 5.41. The smallest absolute Gasteiger partial charge is 0.00193 e. The van der Waals surface area contributed by atoms with E-state index in [0.717, 1.165) is 17.3 Å². The van der Waals surface area contributed by atoms with Gasteiger partial charge in [0.25, 0.3) is 0 Å². The molecule has 2 bridgehead atoms. The van der Waals surface area contributed by atoms with Crippen molar-refractivity contribution in [3.05, 3.63) is 12.7 Å². The summed E-state index contributed by atoms with van der Waals surface area (Å²) in [6.07, 6.45) is 3.95. The third-order valence-electron chi connectivity index (χ3n) is 6.20. The molecule has 56 valence electrons. The van der Waals surface area contributed by atoms with Gasteiger partial charge in [-0.25, -0.2) is 0 Å². The second-order valence-corrected chi connectivity index (χ2v) is 5.50. The summed E-state index contributed by atoms with van der Waals surface area (Å²) in [6, 6.07) is 0. The summed E-state index contributed by atoms with van der Waals surface area (Å²) in [5.74, 6) is 8.33. The molecule has 0 nitrogen and oxygen atoms in total. The number of allylic oxidation sites excluding steroid dienone is 1. The highest BCUT2D eigenvalue weighted by atomic mass is 15.0. The molecule has 6 aliphatic carbocycles. The van der Waals surface area contributed by atoms with Crippen LogP contribution in [-0.2, 0) is 0 Å². The van der Waals surface area contributed by atoms with Crippen molar-refractivity contribution in [2.24, 2.45) is 46.8 Å². The molecule has 11 heavy (non-hydrogen) atoms. The van der Waals surface area contributed by atoms with Crippen LogP contribution < -0.4 is 0 Å². The van der Waals surface area contributed by atoms with Gasteiger partial charge in [-0.3, -0.25) is 0 Å². The summed E-state index contributed by atoms with van der Waals surface area (Å²) in [4.78, 5) is 0. The largest absolute Gasteiger partial charge is 0.102 e. The fraction of sp³-hybridized carbons (Fsp3) is 0.818. The highest BCUT2D eigenvalue weighted by Crippen LogP contribution is 3.00. The Morgan fingerprint density at radius 3 is 2.36 bits per heavy atom. The highest BCUT2D eigenvalue weighted by Gasteiger charge is 2.96. The van der Waals surface area contributed by atoms with Crippen molar-refractivity contribution < 1.29 is 0 Å². The Labute approximate surface area is 66.7 Å². The van der Waals surface area contributed by atoms with E-state index in [9.17, 15) is 0 Å². The summed E-state index contributed by atoms with van der Waals surface area (Å²) < 4.78 is 0. The Balaban J connectivity index is 1.84. The van der Waals surface area contributed by atoms with Crippen LogP contribution in [0.1, 0.15) is 6.42 Å². The van der Waals surface area contributed by atoms with Gasteiger partial charge in [0.2, 0.25) is 0 Å². The summed E-state index contributed by atoms with van der Waals surface area (Å²) in [6.45, 7) is 4.04. The zero-order valence-corrected chi connectivity index (χ0v) is 6.53. The van der Waals surface area contributed by atoms with Gasteiger partial charge in [0.1, 0.15) is 0 Å². The maximum absolute atomic E-state index is 4.04. The Kier molecular flexibility index (Phi) is 0.384. The lowest BCUT2D eigenvalue weighted by Gasteiger charge is -2.90. The summed E-state index contributed by atoms with van der Waals surface area (Å²) in [5, 5.41) is 0. The van der Waals surface area contributed by atoms with Crippen LogP contribution in [0.3, 0.4) is 0 Å². The van der Waals surface area contributed by atoms with Gasteiger partial charge in [-0.2, -0.15) is 0 Å². The van der Waals surface area contributed by atoms with Gasteiger partial charge in [-0.05, 0) is 53.3 Å². The summed E-state index contributed by atoms with van der Waals surface area (Å²) in [7, 11) is 0. The van der Waals surface area contributed by atoms with E-state index in [0.29, 0.717) is 0 Å². The molecule has 6 aliphatic rings. The molecule has 0 radical (unpaired) electrons. The van der Waals surface area contributed by atoms with Crippen LogP contribution in [-0.4, -0.2) is 0 Å². The molecule has 0 heterocycles. The lowest BCUT2D eigenvalue weighted by atomic mass is 9.13. The van der Waals surface area contributed by atoms with E-state index in [2.05, 4.69) is 12.7 Å². The van der Waals surface area contributed by atoms with Crippen molar-refractivity contribution in [1.82, 2.24) is 0 Å². The second-order valence-electron chi connectivity index (χ2n) is 5.50. The number of rotatable bonds is 1. The standard InChI is InChI=1S/C11H12/c1-2-11-8-5-3-4-6(8)10(11)7(4)9(5)11/h2,4-10H,1,3H2/t4?,5?,6-,7-,8+,9+,10?,11?/m1/s1. The molecular formula is C11H12. The molecule has 0 heteroatoms. The molecule has 6 rings (SSSR count). The normalized spacial score (nSPS) is 89.3. The maximum atomic E-state index is 4.04. The van der Waals surface area contributed by atoms with Crippen LogP contribution >= 0.6 is 0 Å². The molecule has 0 saturated heterocycles. The second kappa shape index (κ2) is 0.901. The van der Waals surface area contributed by atoms with Gasteiger partial charge in [-0.15, -0.1) is 6.58 Å². The Morgan fingerprint density at radius 1 is 1.09 bits per heavy atom. The van der Waals surface area contributed by atoms with Crippen LogP contribution in [0.15, 0.2) is 12.7 Å². The lowest BCUT2D eigenvalue weighted by molar-refractivity contribution is -0.425. The monoisotopic (exact) mass is 144 g/mol. The Morgan fingerprint density at radius 2 is 1.82 bits per heavy atom. The van der Waals surface area contributed by atoms with E-state index in [1.165, 1.54) is 29.6 Å². The molecule has 6 saturated carbocycles. The minimum atomic E-state index is 0.757. The first-order valence-electron chi connectivity index (χ1n) is 5.05. The first-order valence-corrected chi connectivity index (χ1v) is 5.05. The van der Waals surface area contributed by atoms with Crippen molar-refractivity contribution in [1.29, 1.82) is 0 Å². The SMILES string of the molecule is C=CC12C3[C@@H]4C5CC([C@@H]41)[C@H]2[C@@H]53. The zero-order chi connectivity index (χ0) is 6.96. The topological polar surface area (TPSA) is 0 Å². The fourth-order valence-electron chi connectivity index (χ4n) is 6.39. The van der Waals surface area contributed by atoms with Gasteiger partial charge in [-0.1, -0.05) is 6.08 Å². The predicted octanol–water partition coefficient (Wildman–Crippen LogP) is 1.93. The Hall–Kier alpha value is -0.260. The van der Waals surface area contributed by atoms with Crippen LogP contribution in [0.4, 0.5) is 0 Å². The van der Waals surface area contributed by atoms with E-state index in [1.54, 1.807) is 6.42 Å². The third-order valence-corrected chi connectivity index (χ3v) is 6.20. The van der Waals surface area contributed by atoms with E-state index in [1.807, 2.05) is 0 Å².